The number of benzene rings is 1. The van der Waals surface area contributed by atoms with E-state index in [0.29, 0.717) is 19.5 Å². The van der Waals surface area contributed by atoms with Crippen LogP contribution in [0.4, 0.5) is 5.69 Å². The van der Waals surface area contributed by atoms with Gasteiger partial charge >= 0.3 is 0 Å². The Morgan fingerprint density at radius 2 is 2.00 bits per heavy atom. The number of fused-ring (bicyclic) bond motifs is 1. The molecule has 2 saturated heterocycles. The van der Waals surface area contributed by atoms with Gasteiger partial charge in [0.25, 0.3) is 0 Å². The van der Waals surface area contributed by atoms with Gasteiger partial charge in [-0.2, -0.15) is 0 Å². The van der Waals surface area contributed by atoms with Crippen molar-refractivity contribution in [2.24, 2.45) is 0 Å². The molecule has 3 atom stereocenters. The third-order valence-electron chi connectivity index (χ3n) is 5.68. The fourth-order valence-electron chi connectivity index (χ4n) is 4.19. The third-order valence-corrected chi connectivity index (χ3v) is 5.68. The van der Waals surface area contributed by atoms with E-state index in [0.717, 1.165) is 30.8 Å². The van der Waals surface area contributed by atoms with Crippen molar-refractivity contribution in [3.63, 3.8) is 0 Å². The monoisotopic (exact) mass is 393 g/mol. The van der Waals surface area contributed by atoms with Crippen LogP contribution in [0.1, 0.15) is 25.0 Å². The first-order valence-corrected chi connectivity index (χ1v) is 10.2. The number of para-hydroxylation sites is 1. The molecule has 0 unspecified atom stereocenters. The number of aromatic nitrogens is 1. The zero-order chi connectivity index (χ0) is 20.1. The zero-order valence-electron chi connectivity index (χ0n) is 16.4. The molecule has 152 valence electrons. The Balaban J connectivity index is 1.29. The van der Waals surface area contributed by atoms with Gasteiger partial charge in [-0.15, -0.1) is 0 Å². The van der Waals surface area contributed by atoms with Crippen molar-refractivity contribution in [3.8, 4) is 0 Å². The Kier molecular flexibility index (Phi) is 6.17. The van der Waals surface area contributed by atoms with Gasteiger partial charge in [0.1, 0.15) is 0 Å². The second kappa shape index (κ2) is 9.15. The van der Waals surface area contributed by atoms with Crippen molar-refractivity contribution >= 4 is 17.5 Å². The van der Waals surface area contributed by atoms with Crippen molar-refractivity contribution in [1.82, 2.24) is 20.5 Å². The van der Waals surface area contributed by atoms with Crippen LogP contribution in [0, 0.1) is 0 Å². The van der Waals surface area contributed by atoms with Crippen LogP contribution in [-0.2, 0) is 16.1 Å². The first kappa shape index (κ1) is 19.5. The van der Waals surface area contributed by atoms with Crippen LogP contribution in [0.5, 0.6) is 0 Å². The molecule has 1 aromatic heterocycles. The summed E-state index contributed by atoms with van der Waals surface area (Å²) in [6, 6.07) is 15.7. The second-order valence-electron chi connectivity index (χ2n) is 7.70. The number of rotatable bonds is 7. The molecule has 2 aliphatic rings. The summed E-state index contributed by atoms with van der Waals surface area (Å²) in [5.41, 5.74) is 1.81. The van der Waals surface area contributed by atoms with Crippen molar-refractivity contribution < 1.29 is 9.59 Å². The highest BCUT2D eigenvalue weighted by atomic mass is 16.2. The fraction of sp³-hybridized carbons (Fsp3) is 0.409. The number of pyridine rings is 1. The molecule has 7 heteroatoms. The Hall–Kier alpha value is -2.77. The number of nitrogens with zero attached hydrogens (tertiary/aromatic N) is 2. The number of anilines is 1. The quantitative estimate of drug-likeness (QED) is 0.664. The molecule has 29 heavy (non-hydrogen) atoms. The van der Waals surface area contributed by atoms with E-state index in [2.05, 4.69) is 25.8 Å². The lowest BCUT2D eigenvalue weighted by molar-refractivity contribution is -0.129. The first-order chi connectivity index (χ1) is 14.2. The van der Waals surface area contributed by atoms with E-state index < -0.39 is 0 Å². The average Bonchev–Trinajstić information content (AvgIpc) is 3.19. The summed E-state index contributed by atoms with van der Waals surface area (Å²) >= 11 is 0. The van der Waals surface area contributed by atoms with Gasteiger partial charge in [-0.1, -0.05) is 24.3 Å². The van der Waals surface area contributed by atoms with Crippen molar-refractivity contribution in [2.75, 3.05) is 18.4 Å². The lowest BCUT2D eigenvalue weighted by atomic mass is 10.0. The smallest absolute Gasteiger partial charge is 0.237 e. The van der Waals surface area contributed by atoms with Gasteiger partial charge in [0.15, 0.2) is 0 Å². The van der Waals surface area contributed by atoms with E-state index in [-0.39, 0.29) is 29.9 Å². The summed E-state index contributed by atoms with van der Waals surface area (Å²) in [6.45, 7) is 2.11. The van der Waals surface area contributed by atoms with Crippen LogP contribution in [0.15, 0.2) is 54.7 Å². The number of hydrogen-bond donors (Lipinski definition) is 3. The predicted molar refractivity (Wildman–Crippen MR) is 111 cm³/mol. The molecular formula is C22H27N5O2. The highest BCUT2D eigenvalue weighted by Gasteiger charge is 2.43. The highest BCUT2D eigenvalue weighted by Crippen LogP contribution is 2.26. The maximum Gasteiger partial charge on any atom is 0.237 e. The van der Waals surface area contributed by atoms with Gasteiger partial charge in [-0.25, -0.2) is 0 Å². The van der Waals surface area contributed by atoms with E-state index in [1.165, 1.54) is 0 Å². The van der Waals surface area contributed by atoms with Crippen molar-refractivity contribution in [2.45, 2.75) is 43.9 Å². The number of nitrogens with one attached hydrogen (secondary N) is 3. The number of carbonyl (C=O) groups excluding carboxylic acids is 2. The van der Waals surface area contributed by atoms with Gasteiger partial charge in [0.2, 0.25) is 11.8 Å². The molecular weight excluding hydrogens is 366 g/mol. The Labute approximate surface area is 170 Å². The number of piperazine rings is 1. The normalized spacial score (nSPS) is 24.0. The van der Waals surface area contributed by atoms with Crippen molar-refractivity contribution in [1.29, 1.82) is 0 Å². The largest absolute Gasteiger partial charge is 0.353 e. The molecule has 0 spiro atoms. The minimum absolute atomic E-state index is 0.00803. The van der Waals surface area contributed by atoms with Crippen LogP contribution in [-0.4, -0.2) is 52.9 Å². The zero-order valence-corrected chi connectivity index (χ0v) is 16.4. The van der Waals surface area contributed by atoms with Gasteiger partial charge < -0.3 is 16.0 Å². The summed E-state index contributed by atoms with van der Waals surface area (Å²) < 4.78 is 0. The summed E-state index contributed by atoms with van der Waals surface area (Å²) in [5.74, 6) is 0.103. The van der Waals surface area contributed by atoms with Crippen LogP contribution >= 0.6 is 0 Å². The topological polar surface area (TPSA) is 86.4 Å². The molecule has 4 rings (SSSR count). The summed E-state index contributed by atoms with van der Waals surface area (Å²) in [7, 11) is 0. The highest BCUT2D eigenvalue weighted by molar-refractivity contribution is 5.90. The number of amides is 2. The second-order valence-corrected chi connectivity index (χ2v) is 7.70. The number of carbonyl (C=O) groups is 2. The average molecular weight is 393 g/mol. The lowest BCUT2D eigenvalue weighted by Crippen LogP contribution is -2.57. The van der Waals surface area contributed by atoms with Crippen LogP contribution < -0.4 is 16.0 Å². The van der Waals surface area contributed by atoms with E-state index >= 15 is 0 Å². The first-order valence-electron chi connectivity index (χ1n) is 10.2. The minimum Gasteiger partial charge on any atom is -0.353 e. The van der Waals surface area contributed by atoms with Crippen LogP contribution in [0.25, 0.3) is 0 Å². The Morgan fingerprint density at radius 1 is 1.17 bits per heavy atom. The number of hydrogen-bond acceptors (Lipinski definition) is 5. The molecule has 2 amide bonds. The molecule has 3 heterocycles. The Morgan fingerprint density at radius 3 is 2.79 bits per heavy atom. The predicted octanol–water partition coefficient (Wildman–Crippen LogP) is 1.53. The molecule has 0 aliphatic carbocycles. The van der Waals surface area contributed by atoms with Gasteiger partial charge in [0.05, 0.1) is 11.7 Å². The van der Waals surface area contributed by atoms with E-state index in [1.54, 1.807) is 6.20 Å². The standard InChI is InChI=1S/C22H27N5O2/c28-21(26-16-6-2-1-3-7-16)10-9-19-14-25-22(29)20-12-18(15-27(19)20)24-13-17-8-4-5-11-23-17/h1-8,11,18-20,24H,9-10,12-15H2,(H,25,29)(H,26,28)/t18-,19-,20+/m0/s1. The molecule has 2 aliphatic heterocycles. The molecule has 2 fully saturated rings. The van der Waals surface area contributed by atoms with E-state index in [4.69, 9.17) is 0 Å². The van der Waals surface area contributed by atoms with Gasteiger partial charge in [-0.05, 0) is 37.1 Å². The van der Waals surface area contributed by atoms with Crippen molar-refractivity contribution in [3.05, 3.63) is 60.4 Å². The van der Waals surface area contributed by atoms with Crippen LogP contribution in [0.3, 0.4) is 0 Å². The molecule has 2 aromatic rings. The molecule has 1 aromatic carbocycles. The summed E-state index contributed by atoms with van der Waals surface area (Å²) in [6.07, 6.45) is 3.73. The Bertz CT molecular complexity index is 830. The van der Waals surface area contributed by atoms with Gasteiger partial charge in [0, 0.05) is 50.0 Å². The summed E-state index contributed by atoms with van der Waals surface area (Å²) in [5, 5.41) is 9.48. The maximum absolute atomic E-state index is 12.3. The van der Waals surface area contributed by atoms with Gasteiger partial charge in [-0.3, -0.25) is 19.5 Å². The molecule has 0 saturated carbocycles. The molecule has 0 radical (unpaired) electrons. The SMILES string of the molecule is O=C(CC[C@H]1CNC(=O)[C@H]2C[C@H](NCc3ccccn3)CN12)Nc1ccccc1. The maximum atomic E-state index is 12.3. The molecule has 0 bridgehead atoms. The lowest BCUT2D eigenvalue weighted by Gasteiger charge is -2.37. The van der Waals surface area contributed by atoms with E-state index in [1.807, 2.05) is 48.5 Å². The van der Waals surface area contributed by atoms with E-state index in [9.17, 15) is 9.59 Å². The minimum atomic E-state index is -0.118. The molecule has 7 nitrogen and oxygen atoms in total. The summed E-state index contributed by atoms with van der Waals surface area (Å²) in [4.78, 5) is 31.3. The third kappa shape index (κ3) is 4.99. The molecule has 3 N–H and O–H groups in total. The fourth-order valence-corrected chi connectivity index (χ4v) is 4.19. The van der Waals surface area contributed by atoms with Crippen LogP contribution in [0.2, 0.25) is 0 Å².